The first kappa shape index (κ1) is 16.7. The van der Waals surface area contributed by atoms with Crippen molar-refractivity contribution < 1.29 is 9.53 Å². The van der Waals surface area contributed by atoms with Crippen LogP contribution in [0.1, 0.15) is 53.9 Å². The minimum atomic E-state index is -0.173. The fraction of sp³-hybridized carbons (Fsp3) is 0.625. The van der Waals surface area contributed by atoms with Gasteiger partial charge >= 0.3 is 5.97 Å². The number of hydrogen-bond acceptors (Lipinski definition) is 2. The number of ether oxygens (including phenoxy) is 1. The Balaban J connectivity index is 4.16. The van der Waals surface area contributed by atoms with Crippen molar-refractivity contribution in [2.24, 2.45) is 5.92 Å². The zero-order valence-corrected chi connectivity index (χ0v) is 12.4. The molecule has 2 nitrogen and oxygen atoms in total. The van der Waals surface area contributed by atoms with Crippen LogP contribution in [0.25, 0.3) is 0 Å². The third-order valence-electron chi connectivity index (χ3n) is 2.50. The lowest BCUT2D eigenvalue weighted by atomic mass is 10.0. The predicted molar refractivity (Wildman–Crippen MR) is 76.3 cm³/mol. The van der Waals surface area contributed by atoms with Crippen molar-refractivity contribution in [2.45, 2.75) is 53.9 Å². The second-order valence-corrected chi connectivity index (χ2v) is 4.91. The van der Waals surface area contributed by atoms with Crippen LogP contribution in [0.4, 0.5) is 0 Å². The molecule has 0 spiro atoms. The SMILES string of the molecule is CCOC(=O)CC(C)=C=CC(C)CCC=C(C)C. The Morgan fingerprint density at radius 1 is 1.33 bits per heavy atom. The second-order valence-electron chi connectivity index (χ2n) is 4.91. The number of esters is 1. The zero-order chi connectivity index (χ0) is 14.0. The van der Waals surface area contributed by atoms with Crippen LogP contribution in [0, 0.1) is 5.92 Å². The van der Waals surface area contributed by atoms with Crippen LogP contribution in [-0.2, 0) is 9.53 Å². The molecule has 0 aliphatic heterocycles. The number of carbonyl (C=O) groups is 1. The molecule has 1 unspecified atom stereocenters. The van der Waals surface area contributed by atoms with E-state index in [0.717, 1.165) is 18.4 Å². The van der Waals surface area contributed by atoms with E-state index in [-0.39, 0.29) is 5.97 Å². The number of carbonyl (C=O) groups excluding carboxylic acids is 1. The maximum Gasteiger partial charge on any atom is 0.310 e. The van der Waals surface area contributed by atoms with Gasteiger partial charge in [0, 0.05) is 0 Å². The Bertz CT molecular complexity index is 340. The molecule has 0 saturated carbocycles. The van der Waals surface area contributed by atoms with Crippen molar-refractivity contribution in [2.75, 3.05) is 6.61 Å². The molecule has 0 heterocycles. The molecule has 0 amide bonds. The molecule has 0 aliphatic rings. The van der Waals surface area contributed by atoms with E-state index in [1.54, 1.807) is 0 Å². The highest BCUT2D eigenvalue weighted by Gasteiger charge is 2.01. The summed E-state index contributed by atoms with van der Waals surface area (Å²) in [5.74, 6) is 0.311. The van der Waals surface area contributed by atoms with E-state index in [1.165, 1.54) is 5.57 Å². The van der Waals surface area contributed by atoms with E-state index in [0.29, 0.717) is 18.9 Å². The fourth-order valence-electron chi connectivity index (χ4n) is 1.48. The summed E-state index contributed by atoms with van der Waals surface area (Å²) < 4.78 is 4.89. The molecule has 0 bridgehead atoms. The molecular weight excluding hydrogens is 224 g/mol. The van der Waals surface area contributed by atoms with E-state index >= 15 is 0 Å². The Hall–Kier alpha value is -1.27. The highest BCUT2D eigenvalue weighted by Crippen LogP contribution is 2.09. The molecule has 0 fully saturated rings. The molecule has 0 aromatic heterocycles. The summed E-state index contributed by atoms with van der Waals surface area (Å²) in [6.07, 6.45) is 6.85. The second kappa shape index (κ2) is 9.73. The van der Waals surface area contributed by atoms with Gasteiger partial charge in [-0.25, -0.2) is 0 Å². The van der Waals surface area contributed by atoms with Gasteiger partial charge in [0.05, 0.1) is 13.0 Å². The summed E-state index contributed by atoms with van der Waals surface area (Å²) in [4.78, 5) is 11.2. The van der Waals surface area contributed by atoms with Crippen molar-refractivity contribution in [3.63, 3.8) is 0 Å². The normalized spacial score (nSPS) is 11.2. The van der Waals surface area contributed by atoms with Crippen LogP contribution < -0.4 is 0 Å². The summed E-state index contributed by atoms with van der Waals surface area (Å²) >= 11 is 0. The summed E-state index contributed by atoms with van der Waals surface area (Å²) in [7, 11) is 0. The lowest BCUT2D eigenvalue weighted by molar-refractivity contribution is -0.142. The Morgan fingerprint density at radius 3 is 2.56 bits per heavy atom. The van der Waals surface area contributed by atoms with Crippen molar-refractivity contribution in [1.82, 2.24) is 0 Å². The van der Waals surface area contributed by atoms with Gasteiger partial charge in [0.25, 0.3) is 0 Å². The molecule has 0 radical (unpaired) electrons. The number of hydrogen-bond donors (Lipinski definition) is 0. The molecule has 0 aromatic rings. The standard InChI is InChI=1S/C16H26O2/c1-6-18-16(17)12-15(5)11-10-14(4)9-7-8-13(2)3/h8,10,14H,6-7,9,12H2,1-5H3. The maximum atomic E-state index is 11.2. The van der Waals surface area contributed by atoms with Crippen molar-refractivity contribution >= 4 is 5.97 Å². The first-order valence-corrected chi connectivity index (χ1v) is 6.67. The molecule has 2 heteroatoms. The molecule has 0 aliphatic carbocycles. The third-order valence-corrected chi connectivity index (χ3v) is 2.50. The van der Waals surface area contributed by atoms with Crippen molar-refractivity contribution in [3.8, 4) is 0 Å². The van der Waals surface area contributed by atoms with Crippen molar-refractivity contribution in [1.29, 1.82) is 0 Å². The largest absolute Gasteiger partial charge is 0.466 e. The van der Waals surface area contributed by atoms with Crippen LogP contribution in [0.15, 0.2) is 29.0 Å². The van der Waals surface area contributed by atoms with Gasteiger partial charge in [0.2, 0.25) is 0 Å². The summed E-state index contributed by atoms with van der Waals surface area (Å²) in [5.41, 5.74) is 5.47. The molecule has 102 valence electrons. The monoisotopic (exact) mass is 250 g/mol. The first-order valence-electron chi connectivity index (χ1n) is 6.67. The summed E-state index contributed by atoms with van der Waals surface area (Å²) in [6, 6.07) is 0. The molecule has 0 saturated heterocycles. The Labute approximate surface area is 111 Å². The van der Waals surface area contributed by atoms with Crippen molar-refractivity contribution in [3.05, 3.63) is 29.0 Å². The van der Waals surface area contributed by atoms with Crippen LogP contribution in [-0.4, -0.2) is 12.6 Å². The zero-order valence-electron chi connectivity index (χ0n) is 12.4. The fourth-order valence-corrected chi connectivity index (χ4v) is 1.48. The van der Waals surface area contributed by atoms with Gasteiger partial charge in [-0.15, -0.1) is 5.73 Å². The van der Waals surface area contributed by atoms with Crippen LogP contribution in [0.2, 0.25) is 0 Å². The lowest BCUT2D eigenvalue weighted by Gasteiger charge is -2.02. The van der Waals surface area contributed by atoms with Gasteiger partial charge in [-0.3, -0.25) is 4.79 Å². The van der Waals surface area contributed by atoms with Crippen LogP contribution in [0.3, 0.4) is 0 Å². The predicted octanol–water partition coefficient (Wildman–Crippen LogP) is 4.42. The third kappa shape index (κ3) is 9.92. The van der Waals surface area contributed by atoms with Crippen LogP contribution >= 0.6 is 0 Å². The summed E-state index contributed by atoms with van der Waals surface area (Å²) in [6.45, 7) is 10.6. The van der Waals surface area contributed by atoms with Crippen LogP contribution in [0.5, 0.6) is 0 Å². The highest BCUT2D eigenvalue weighted by molar-refractivity contribution is 5.72. The van der Waals surface area contributed by atoms with Gasteiger partial charge < -0.3 is 4.74 Å². The smallest absolute Gasteiger partial charge is 0.310 e. The molecule has 0 rings (SSSR count). The molecule has 0 aromatic carbocycles. The molecule has 0 N–H and O–H groups in total. The van der Waals surface area contributed by atoms with Gasteiger partial charge in [0.15, 0.2) is 0 Å². The minimum absolute atomic E-state index is 0.173. The van der Waals surface area contributed by atoms with Gasteiger partial charge in [-0.2, -0.15) is 0 Å². The summed E-state index contributed by atoms with van der Waals surface area (Å²) in [5, 5.41) is 0. The average Bonchev–Trinajstić information content (AvgIpc) is 2.26. The number of rotatable bonds is 7. The van der Waals surface area contributed by atoms with E-state index in [9.17, 15) is 4.79 Å². The molecule has 1 atom stereocenters. The van der Waals surface area contributed by atoms with Gasteiger partial charge in [-0.05, 0) is 58.1 Å². The topological polar surface area (TPSA) is 26.3 Å². The highest BCUT2D eigenvalue weighted by atomic mass is 16.5. The van der Waals surface area contributed by atoms with E-state index in [2.05, 4.69) is 32.6 Å². The van der Waals surface area contributed by atoms with Gasteiger partial charge in [-0.1, -0.05) is 18.6 Å². The quantitative estimate of drug-likeness (QED) is 0.380. The van der Waals surface area contributed by atoms with E-state index < -0.39 is 0 Å². The Morgan fingerprint density at radius 2 is 2.00 bits per heavy atom. The lowest BCUT2D eigenvalue weighted by Crippen LogP contribution is -2.03. The minimum Gasteiger partial charge on any atom is -0.466 e. The number of allylic oxidation sites excluding steroid dienone is 2. The first-order chi connectivity index (χ1) is 8.45. The molecule has 18 heavy (non-hydrogen) atoms. The Kier molecular flexibility index (Phi) is 9.04. The van der Waals surface area contributed by atoms with Gasteiger partial charge in [0.1, 0.15) is 0 Å². The average molecular weight is 250 g/mol. The van der Waals surface area contributed by atoms with E-state index in [4.69, 9.17) is 4.74 Å². The maximum absolute atomic E-state index is 11.2. The molecular formula is C16H26O2. The van der Waals surface area contributed by atoms with E-state index in [1.807, 2.05) is 19.9 Å².